The van der Waals surface area contributed by atoms with Crippen LogP contribution in [0.1, 0.15) is 291 Å². The highest BCUT2D eigenvalue weighted by Gasteiger charge is 2.33. The van der Waals surface area contributed by atoms with Gasteiger partial charge in [-0.15, -0.1) is 0 Å². The smallest absolute Gasteiger partial charge is 0.145 e. The highest BCUT2D eigenvalue weighted by molar-refractivity contribution is 8.63. The van der Waals surface area contributed by atoms with Crippen LogP contribution in [0.3, 0.4) is 0 Å². The first-order valence-corrected chi connectivity index (χ1v) is 50.2. The average molecular weight is 1670 g/mol. The SMILES string of the molecule is C/C(=N\N(C)C)c1c(C)c(C)c(C)c(-c2c(C)c(C)c(C)c(/C(C)=N/N(C)C)c2C)c1C.C/C(=N\N(C)C)c1c(C)c(C)c(C)c(C)c1C.C=C1Cc2c(C)c(C)c(C)c(C)c2C1.CC(C)=N/N=C(\C)c1c(C)c(C)c(C)c(C)c1C.CC1=Cc2c(C)c(C)c(C)c(C)c2C1.CCCC(CS(C)=[P+](P)P)C1Cc2c(C)c(C)c(C)c(C)c2C1. The van der Waals surface area contributed by atoms with Gasteiger partial charge >= 0.3 is 0 Å². The summed E-state index contributed by atoms with van der Waals surface area (Å²) < 4.78 is 0. The van der Waals surface area contributed by atoms with Crippen molar-refractivity contribution in [3.05, 3.63) is 240 Å². The molecule has 7 aromatic carbocycles. The molecular weight excluding hydrogens is 1510 g/mol. The molecule has 0 aliphatic heterocycles. The lowest BCUT2D eigenvalue weighted by Crippen LogP contribution is -2.21. The quantitative estimate of drug-likeness (QED) is 0.0471. The largest absolute Gasteiger partial charge is 0.303 e. The van der Waals surface area contributed by atoms with Crippen LogP contribution in [-0.2, 0) is 42.2 Å². The molecule has 10 rings (SSSR count). The molecule has 4 atom stereocenters. The van der Waals surface area contributed by atoms with E-state index < -0.39 is 0 Å². The molecule has 3 aliphatic carbocycles. The predicted octanol–water partition coefficient (Wildman–Crippen LogP) is 28.1. The van der Waals surface area contributed by atoms with E-state index in [0.29, 0.717) is 10.1 Å². The highest BCUT2D eigenvalue weighted by Crippen LogP contribution is 2.48. The lowest BCUT2D eigenvalue weighted by Gasteiger charge is -2.27. The molecule has 0 aromatic heterocycles. The van der Waals surface area contributed by atoms with Gasteiger partial charge in [0.25, 0.3) is 0 Å². The van der Waals surface area contributed by atoms with Crippen molar-refractivity contribution in [3.8, 4) is 11.1 Å². The molecule has 0 heterocycles. The van der Waals surface area contributed by atoms with Crippen LogP contribution in [-0.4, -0.2) is 97.9 Å². The van der Waals surface area contributed by atoms with Gasteiger partial charge in [0, 0.05) is 82.3 Å². The Morgan fingerprint density at radius 3 is 0.941 bits per heavy atom. The van der Waals surface area contributed by atoms with Crippen LogP contribution in [0.2, 0.25) is 0 Å². The third kappa shape index (κ3) is 22.8. The molecule has 0 spiro atoms. The van der Waals surface area contributed by atoms with Crippen LogP contribution < -0.4 is 0 Å². The molecule has 8 nitrogen and oxygen atoms in total. The Morgan fingerprint density at radius 2 is 0.636 bits per heavy atom. The maximum Gasteiger partial charge on any atom is 0.145 e. The topological polar surface area (TPSA) is 71.5 Å². The van der Waals surface area contributed by atoms with Crippen LogP contribution >= 0.6 is 23.9 Å². The molecule has 0 radical (unpaired) electrons. The molecule has 0 bridgehead atoms. The minimum Gasteiger partial charge on any atom is -0.303 e. The van der Waals surface area contributed by atoms with Crippen LogP contribution in [0.15, 0.2) is 43.2 Å². The Kier molecular flexibility index (Phi) is 37.0. The minimum atomic E-state index is 0.0605. The first-order chi connectivity index (χ1) is 54.6. The van der Waals surface area contributed by atoms with Gasteiger partial charge in [-0.1, -0.05) is 37.1 Å². The van der Waals surface area contributed by atoms with Gasteiger partial charge in [0.05, 0.1) is 40.7 Å². The molecule has 118 heavy (non-hydrogen) atoms. The van der Waals surface area contributed by atoms with E-state index in [0.717, 1.165) is 59.7 Å². The predicted molar refractivity (Wildman–Crippen MR) is 543 cm³/mol. The number of fused-ring (bicyclic) bond motifs is 3. The summed E-state index contributed by atoms with van der Waals surface area (Å²) in [6.07, 6.45) is 13.6. The van der Waals surface area contributed by atoms with Crippen molar-refractivity contribution >= 4 is 68.6 Å². The Labute approximate surface area is 729 Å². The summed E-state index contributed by atoms with van der Waals surface area (Å²) >= 11 is 0. The molecule has 4 unspecified atom stereocenters. The summed E-state index contributed by atoms with van der Waals surface area (Å²) in [6.45, 7) is 88.1. The van der Waals surface area contributed by atoms with E-state index in [1.54, 1.807) is 38.9 Å². The first-order valence-electron chi connectivity index (χ1n) is 43.2. The lowest BCUT2D eigenvalue weighted by molar-refractivity contribution is 0.354. The standard InChI is InChI=1S/C28H42N4.C19H34P3S.C16H24N2.C15H24N2.2C14H18/c1-15-17(3)25(23(9)29-31(11)12)21(7)27(19(15)5)28-20(6)16(2)18(4)26(22(28)8)24(10)30-32(13)14;1-7-8-16(11-23(6)22(20)21)17-9-18-14(4)12(2)13(3)15(5)19(18)10-17;1-9(2)17-18-15(8)16-13(6)11(4)10(3)12(5)14(16)7;1-9-10(2)12(4)15(13(5)11(9)3)14(6)16-17(7)8;2*1-8-6-13-11(4)9(2)10(3)12(5)14(13)7-8/h1-14H3;16-17H,7-11,20-21H2,1-6H3;1-8H3;1-8H3;6H,7H2,1-5H3;1,6-7H2,2-5H3/q;+1;;;;/b29-23+,30-24+;;18-15+;16-14+;;. The molecule has 0 N–H and O–H groups in total. The molecule has 7 aromatic rings. The fraction of sp³-hybridized carbons (Fsp3) is 0.519. The molecule has 12 heteroatoms. The van der Waals surface area contributed by atoms with Crippen LogP contribution in [0, 0.1) is 220 Å². The highest BCUT2D eigenvalue weighted by atomic mass is 32.8. The fourth-order valence-electron chi connectivity index (χ4n) is 19.0. The summed E-state index contributed by atoms with van der Waals surface area (Å²) in [5.74, 6) is 3.22. The minimum absolute atomic E-state index is 0.0605. The third-order valence-electron chi connectivity index (χ3n) is 28.0. The second-order valence-electron chi connectivity index (χ2n) is 36.3. The lowest BCUT2D eigenvalue weighted by atomic mass is 9.78. The van der Waals surface area contributed by atoms with Crippen molar-refractivity contribution in [2.75, 3.05) is 54.3 Å². The zero-order valence-corrected chi connectivity index (χ0v) is 87.2. The summed E-state index contributed by atoms with van der Waals surface area (Å²) in [7, 11) is 18.5. The Balaban J connectivity index is 0.000000259. The molecule has 0 saturated carbocycles. The van der Waals surface area contributed by atoms with E-state index >= 15 is 0 Å². The first kappa shape index (κ1) is 102. The maximum absolute atomic E-state index is 4.76. The van der Waals surface area contributed by atoms with Crippen molar-refractivity contribution in [2.45, 2.75) is 308 Å². The van der Waals surface area contributed by atoms with Gasteiger partial charge in [-0.3, -0.25) is 0 Å². The average Bonchev–Trinajstić information content (AvgIpc) is 0.899. The van der Waals surface area contributed by atoms with Crippen LogP contribution in [0.5, 0.6) is 0 Å². The summed E-state index contributed by atoms with van der Waals surface area (Å²) in [5, 5.41) is 28.2. The zero-order chi connectivity index (χ0) is 90.2. The monoisotopic (exact) mass is 1670 g/mol. The van der Waals surface area contributed by atoms with Gasteiger partial charge in [-0.2, -0.15) is 25.5 Å². The molecular formula is C106H160N8P3S+. The van der Waals surface area contributed by atoms with Gasteiger partial charge in [-0.25, -0.2) is 0 Å². The third-order valence-corrected chi connectivity index (χ3v) is 38.7. The molecule has 0 fully saturated rings. The van der Waals surface area contributed by atoms with Crippen LogP contribution in [0.25, 0.3) is 17.2 Å². The number of hydrogen-bond acceptors (Lipinski definition) is 8. The number of nitrogens with zero attached hydrogens (tertiary/aromatic N) is 8. The number of hydrogen-bond donors (Lipinski definition) is 0. The van der Waals surface area contributed by atoms with E-state index in [1.165, 1.54) is 237 Å². The summed E-state index contributed by atoms with van der Waals surface area (Å²) in [5.41, 5.74) is 67.6. The van der Waals surface area contributed by atoms with E-state index in [1.807, 2.05) is 78.1 Å². The second-order valence-corrected chi connectivity index (χ2v) is 49.0. The van der Waals surface area contributed by atoms with E-state index in [9.17, 15) is 0 Å². The van der Waals surface area contributed by atoms with Gasteiger partial charge in [0.2, 0.25) is 0 Å². The number of allylic oxidation sites excluding steroid dienone is 2. The van der Waals surface area contributed by atoms with E-state index in [4.69, 9.17) is 10.2 Å². The van der Waals surface area contributed by atoms with Crippen molar-refractivity contribution in [2.24, 2.45) is 37.3 Å². The second kappa shape index (κ2) is 42.9. The number of benzene rings is 7. The van der Waals surface area contributed by atoms with Crippen LogP contribution in [0.4, 0.5) is 0 Å². The van der Waals surface area contributed by atoms with Crippen molar-refractivity contribution in [1.82, 2.24) is 15.0 Å². The Hall–Kier alpha value is -6.72. The molecule has 644 valence electrons. The maximum atomic E-state index is 4.76. The van der Waals surface area contributed by atoms with Crippen molar-refractivity contribution < 1.29 is 0 Å². The van der Waals surface area contributed by atoms with E-state index in [2.05, 4.69) is 294 Å². The zero-order valence-electron chi connectivity index (χ0n) is 83.2. The van der Waals surface area contributed by atoms with Gasteiger partial charge in [0.15, 0.2) is 0 Å². The molecule has 0 saturated heterocycles. The van der Waals surface area contributed by atoms with Gasteiger partial charge < -0.3 is 15.0 Å². The Morgan fingerprint density at radius 1 is 0.364 bits per heavy atom. The molecule has 0 amide bonds. The number of rotatable bonds is 14. The number of hydrazone groups is 3. The Bertz CT molecular complexity index is 5030. The van der Waals surface area contributed by atoms with Gasteiger partial charge in [0.1, 0.15) is 6.07 Å². The van der Waals surface area contributed by atoms with E-state index in [-0.39, 0.29) is 6.07 Å². The fourth-order valence-corrected chi connectivity index (χ4v) is 22.9. The molecule has 3 aliphatic rings. The summed E-state index contributed by atoms with van der Waals surface area (Å²) in [6, 6.07) is 0. The van der Waals surface area contributed by atoms with Crippen molar-refractivity contribution in [1.29, 1.82) is 0 Å². The van der Waals surface area contributed by atoms with Gasteiger partial charge in [-0.05, 0) is 528 Å². The normalized spacial score (nSPS) is 13.7. The van der Waals surface area contributed by atoms with Crippen molar-refractivity contribution in [3.63, 3.8) is 0 Å². The summed E-state index contributed by atoms with van der Waals surface area (Å²) in [4.78, 5) is 0.